The minimum Gasteiger partial charge on any atom is -0.491 e. The molecule has 2 aliphatic heterocycles. The fraction of sp³-hybridized carbons (Fsp3) is 0.429. The number of ether oxygens (including phenoxy) is 4. The Labute approximate surface area is 269 Å². The van der Waals surface area contributed by atoms with Crippen molar-refractivity contribution in [1.29, 1.82) is 0 Å². The molecule has 0 saturated carbocycles. The van der Waals surface area contributed by atoms with Gasteiger partial charge in [0.05, 0.1) is 25.2 Å². The highest BCUT2D eigenvalue weighted by atomic mass is 35.5. The molecule has 2 heterocycles. The lowest BCUT2D eigenvalue weighted by Crippen LogP contribution is -2.35. The second-order valence-electron chi connectivity index (χ2n) is 11.6. The van der Waals surface area contributed by atoms with Crippen LogP contribution in [-0.4, -0.2) is 61.1 Å². The minimum absolute atomic E-state index is 0.00915. The molecule has 10 heteroatoms. The van der Waals surface area contributed by atoms with Gasteiger partial charge in [0.25, 0.3) is 0 Å². The van der Waals surface area contributed by atoms with E-state index in [0.717, 1.165) is 27.9 Å². The predicted molar refractivity (Wildman–Crippen MR) is 173 cm³/mol. The summed E-state index contributed by atoms with van der Waals surface area (Å²) in [5.41, 5.74) is 4.31. The number of carboxylic acid groups (broad SMARTS) is 1. The first kappa shape index (κ1) is 32.6. The van der Waals surface area contributed by atoms with Gasteiger partial charge < -0.3 is 29.4 Å². The molecule has 0 bridgehead atoms. The molecule has 2 N–H and O–H groups in total. The minimum atomic E-state index is -0.934. The summed E-state index contributed by atoms with van der Waals surface area (Å²) in [6.45, 7) is 9.36. The summed E-state index contributed by atoms with van der Waals surface area (Å²) >= 11 is 6.35. The first-order chi connectivity index (χ1) is 21.7. The van der Waals surface area contributed by atoms with E-state index in [1.165, 1.54) is 0 Å². The Balaban J connectivity index is 1.43. The number of hydrogen-bond donors (Lipinski definition) is 2. The van der Waals surface area contributed by atoms with E-state index in [9.17, 15) is 14.7 Å². The molecule has 9 nitrogen and oxygen atoms in total. The number of aliphatic carboxylic acids is 1. The second kappa shape index (κ2) is 14.5. The number of nitrogens with zero attached hydrogens (tertiary/aromatic N) is 1. The molecule has 0 spiro atoms. The molecule has 1 amide bonds. The summed E-state index contributed by atoms with van der Waals surface area (Å²) < 4.78 is 22.5. The van der Waals surface area contributed by atoms with E-state index < -0.39 is 23.8 Å². The maximum Gasteiger partial charge on any atom is 0.309 e. The van der Waals surface area contributed by atoms with Crippen LogP contribution in [0, 0.1) is 5.92 Å². The number of benzene rings is 3. The first-order valence-corrected chi connectivity index (χ1v) is 15.9. The van der Waals surface area contributed by atoms with Crippen molar-refractivity contribution >= 4 is 29.2 Å². The van der Waals surface area contributed by atoms with Crippen LogP contribution in [0.15, 0.2) is 54.6 Å². The van der Waals surface area contributed by atoms with Gasteiger partial charge in [0, 0.05) is 29.2 Å². The van der Waals surface area contributed by atoms with Crippen LogP contribution < -0.4 is 19.5 Å². The number of nitrogens with one attached hydrogen (secondary N) is 1. The number of carbonyl (C=O) groups excluding carboxylic acids is 1. The van der Waals surface area contributed by atoms with Gasteiger partial charge in [-0.3, -0.25) is 14.5 Å². The van der Waals surface area contributed by atoms with E-state index in [4.69, 9.17) is 30.5 Å². The largest absolute Gasteiger partial charge is 0.491 e. The standard InChI is InChI=1S/C35H41ClN2O7/c1-5-22-15-26(36)16-23(6-2)33(22)37-31(39)19-38-18-28(25-9-12-29-30(17-25)45-20-44-29)32(35(40)41)34(38)24-7-10-27(11-8-24)43-14-13-42-21(3)4/h7-12,15-17,21,28,32,34H,5-6,13-14,18-20H2,1-4H3,(H,37,39)(H,40,41)/t28-,32-,34+/m1/s1. The Morgan fingerprint density at radius 3 is 2.29 bits per heavy atom. The highest BCUT2D eigenvalue weighted by molar-refractivity contribution is 6.30. The molecule has 0 aromatic heterocycles. The molecule has 0 radical (unpaired) electrons. The molecule has 45 heavy (non-hydrogen) atoms. The van der Waals surface area contributed by atoms with E-state index in [1.807, 2.05) is 87.2 Å². The van der Waals surface area contributed by atoms with Crippen molar-refractivity contribution in [3.05, 3.63) is 81.9 Å². The molecule has 1 saturated heterocycles. The molecule has 1 fully saturated rings. The molecule has 2 aliphatic rings. The molecule has 3 aromatic carbocycles. The van der Waals surface area contributed by atoms with Crippen LogP contribution in [0.25, 0.3) is 0 Å². The van der Waals surface area contributed by atoms with Gasteiger partial charge in [-0.25, -0.2) is 0 Å². The molecular weight excluding hydrogens is 596 g/mol. The van der Waals surface area contributed by atoms with Crippen molar-refractivity contribution in [2.75, 3.05) is 38.4 Å². The number of halogens is 1. The lowest BCUT2D eigenvalue weighted by atomic mass is 9.82. The summed E-state index contributed by atoms with van der Waals surface area (Å²) in [7, 11) is 0. The molecule has 3 aromatic rings. The fourth-order valence-corrected chi connectivity index (χ4v) is 6.55. The van der Waals surface area contributed by atoms with Crippen LogP contribution in [0.2, 0.25) is 5.02 Å². The molecule has 0 aliphatic carbocycles. The van der Waals surface area contributed by atoms with Crippen LogP contribution in [0.4, 0.5) is 5.69 Å². The third kappa shape index (κ3) is 7.54. The number of fused-ring (bicyclic) bond motifs is 1. The summed E-state index contributed by atoms with van der Waals surface area (Å²) in [6, 6.07) is 16.2. The van der Waals surface area contributed by atoms with E-state index in [1.54, 1.807) is 0 Å². The third-order valence-electron chi connectivity index (χ3n) is 8.37. The monoisotopic (exact) mass is 636 g/mol. The number of carbonyl (C=O) groups is 2. The van der Waals surface area contributed by atoms with E-state index in [0.29, 0.717) is 54.9 Å². The van der Waals surface area contributed by atoms with Gasteiger partial charge in [0.2, 0.25) is 12.7 Å². The maximum absolute atomic E-state index is 13.7. The van der Waals surface area contributed by atoms with E-state index in [-0.39, 0.29) is 25.3 Å². The number of anilines is 1. The van der Waals surface area contributed by atoms with E-state index >= 15 is 0 Å². The van der Waals surface area contributed by atoms with Gasteiger partial charge in [0.15, 0.2) is 11.5 Å². The van der Waals surface area contributed by atoms with Crippen molar-refractivity contribution in [3.8, 4) is 17.2 Å². The summed E-state index contributed by atoms with van der Waals surface area (Å²) in [4.78, 5) is 28.6. The number of aryl methyl sites for hydroxylation is 2. The Hall–Kier alpha value is -3.79. The van der Waals surface area contributed by atoms with Crippen molar-refractivity contribution in [2.45, 2.75) is 58.6 Å². The van der Waals surface area contributed by atoms with Crippen LogP contribution in [-0.2, 0) is 27.2 Å². The van der Waals surface area contributed by atoms with Gasteiger partial charge in [-0.05, 0) is 85.3 Å². The predicted octanol–water partition coefficient (Wildman–Crippen LogP) is 6.48. The van der Waals surface area contributed by atoms with Crippen LogP contribution in [0.3, 0.4) is 0 Å². The molecule has 5 rings (SSSR count). The number of hydrogen-bond acceptors (Lipinski definition) is 7. The molecule has 240 valence electrons. The Kier molecular flexibility index (Phi) is 10.5. The number of carboxylic acids is 1. The van der Waals surface area contributed by atoms with Crippen LogP contribution >= 0.6 is 11.6 Å². The SMILES string of the molecule is CCc1cc(Cl)cc(CC)c1NC(=O)CN1C[C@H](c2ccc3c(c2)OCO3)[C@@H](C(=O)O)[C@@H]1c1ccc(OCCOC(C)C)cc1. The zero-order valence-electron chi connectivity index (χ0n) is 26.2. The number of rotatable bonds is 13. The number of amides is 1. The average Bonchev–Trinajstić information content (AvgIpc) is 3.64. The Morgan fingerprint density at radius 1 is 0.978 bits per heavy atom. The van der Waals surface area contributed by atoms with Crippen molar-refractivity contribution in [2.24, 2.45) is 5.92 Å². The zero-order valence-corrected chi connectivity index (χ0v) is 26.9. The summed E-state index contributed by atoms with van der Waals surface area (Å²) in [6.07, 6.45) is 1.54. The topological polar surface area (TPSA) is 107 Å². The first-order valence-electron chi connectivity index (χ1n) is 15.5. The fourth-order valence-electron chi connectivity index (χ4n) is 6.28. The van der Waals surface area contributed by atoms with Gasteiger partial charge in [0.1, 0.15) is 12.4 Å². The lowest BCUT2D eigenvalue weighted by Gasteiger charge is -2.27. The zero-order chi connectivity index (χ0) is 32.1. The second-order valence-corrected chi connectivity index (χ2v) is 12.1. The highest BCUT2D eigenvalue weighted by Crippen LogP contribution is 2.48. The van der Waals surface area contributed by atoms with Gasteiger partial charge >= 0.3 is 5.97 Å². The molecular formula is C35H41ClN2O7. The Morgan fingerprint density at radius 2 is 1.64 bits per heavy atom. The van der Waals surface area contributed by atoms with Crippen molar-refractivity contribution in [3.63, 3.8) is 0 Å². The van der Waals surface area contributed by atoms with Crippen molar-refractivity contribution in [1.82, 2.24) is 4.90 Å². The van der Waals surface area contributed by atoms with Gasteiger partial charge in [-0.2, -0.15) is 0 Å². The van der Waals surface area contributed by atoms with Crippen LogP contribution in [0.5, 0.6) is 17.2 Å². The van der Waals surface area contributed by atoms with Crippen LogP contribution in [0.1, 0.15) is 61.9 Å². The highest BCUT2D eigenvalue weighted by Gasteiger charge is 2.48. The van der Waals surface area contributed by atoms with Gasteiger partial charge in [-0.1, -0.05) is 43.6 Å². The normalized spacial score (nSPS) is 19.2. The van der Waals surface area contributed by atoms with Crippen molar-refractivity contribution < 1.29 is 33.6 Å². The van der Waals surface area contributed by atoms with E-state index in [2.05, 4.69) is 5.32 Å². The smallest absolute Gasteiger partial charge is 0.309 e. The molecule has 3 atom stereocenters. The average molecular weight is 637 g/mol. The Bertz CT molecular complexity index is 1490. The quantitative estimate of drug-likeness (QED) is 0.206. The third-order valence-corrected chi connectivity index (χ3v) is 8.59. The summed E-state index contributed by atoms with van der Waals surface area (Å²) in [5.74, 6) is -0.483. The lowest BCUT2D eigenvalue weighted by molar-refractivity contribution is -0.143. The maximum atomic E-state index is 13.7. The molecule has 0 unspecified atom stereocenters. The van der Waals surface area contributed by atoms with Gasteiger partial charge in [-0.15, -0.1) is 0 Å². The number of likely N-dealkylation sites (tertiary alicyclic amines) is 1. The summed E-state index contributed by atoms with van der Waals surface area (Å²) in [5, 5.41) is 14.4.